The summed E-state index contributed by atoms with van der Waals surface area (Å²) >= 11 is 0. The molecule has 1 aliphatic heterocycles. The van der Waals surface area contributed by atoms with E-state index in [0.29, 0.717) is 17.9 Å². The smallest absolute Gasteiger partial charge is 0.326 e. The van der Waals surface area contributed by atoms with Gasteiger partial charge >= 0.3 is 6.03 Å². The highest BCUT2D eigenvalue weighted by molar-refractivity contribution is 6.22. The summed E-state index contributed by atoms with van der Waals surface area (Å²) in [6, 6.07) is 12.7. The first-order chi connectivity index (χ1) is 13.4. The Morgan fingerprint density at radius 2 is 1.71 bits per heavy atom. The Labute approximate surface area is 162 Å². The summed E-state index contributed by atoms with van der Waals surface area (Å²) < 4.78 is 13.0. The number of benzene rings is 2. The number of nitrogens with zero attached hydrogens (tertiary/aromatic N) is 2. The van der Waals surface area contributed by atoms with Crippen LogP contribution in [0.5, 0.6) is 0 Å². The molecule has 1 fully saturated rings. The third-order valence-corrected chi connectivity index (χ3v) is 4.40. The molecule has 1 aliphatic rings. The summed E-state index contributed by atoms with van der Waals surface area (Å²) in [6.07, 6.45) is -0.169. The van der Waals surface area contributed by atoms with Crippen molar-refractivity contribution in [1.82, 2.24) is 4.90 Å². The van der Waals surface area contributed by atoms with Crippen molar-refractivity contribution in [3.63, 3.8) is 0 Å². The predicted molar refractivity (Wildman–Crippen MR) is 104 cm³/mol. The molecular weight excluding hydrogens is 361 g/mol. The zero-order valence-electron chi connectivity index (χ0n) is 15.8. The monoisotopic (exact) mass is 383 g/mol. The van der Waals surface area contributed by atoms with E-state index >= 15 is 0 Å². The van der Waals surface area contributed by atoms with E-state index in [1.807, 2.05) is 13.8 Å². The summed E-state index contributed by atoms with van der Waals surface area (Å²) in [5.41, 5.74) is 0.909. The topological polar surface area (TPSA) is 69.7 Å². The molecule has 1 atom stereocenters. The predicted octanol–water partition coefficient (Wildman–Crippen LogP) is 3.65. The van der Waals surface area contributed by atoms with Crippen molar-refractivity contribution >= 4 is 29.2 Å². The van der Waals surface area contributed by atoms with Gasteiger partial charge in [-0.15, -0.1) is 0 Å². The van der Waals surface area contributed by atoms with Gasteiger partial charge in [0.2, 0.25) is 5.91 Å². The Hall–Kier alpha value is -3.22. The number of hydrogen-bond acceptors (Lipinski definition) is 3. The largest absolute Gasteiger partial charge is 0.332 e. The van der Waals surface area contributed by atoms with Crippen molar-refractivity contribution in [2.45, 2.75) is 26.3 Å². The Balaban J connectivity index is 1.80. The van der Waals surface area contributed by atoms with Gasteiger partial charge < -0.3 is 10.2 Å². The minimum Gasteiger partial charge on any atom is -0.326 e. The van der Waals surface area contributed by atoms with Gasteiger partial charge in [0.05, 0.1) is 12.1 Å². The van der Waals surface area contributed by atoms with Crippen LogP contribution < -0.4 is 10.2 Å². The van der Waals surface area contributed by atoms with Gasteiger partial charge in [-0.3, -0.25) is 9.59 Å². The maximum atomic E-state index is 13.0. The van der Waals surface area contributed by atoms with Crippen LogP contribution in [-0.4, -0.2) is 35.3 Å². The lowest BCUT2D eigenvalue weighted by Gasteiger charge is -2.23. The van der Waals surface area contributed by atoms with E-state index in [1.165, 1.54) is 29.2 Å². The molecule has 7 heteroatoms. The Bertz CT molecular complexity index is 868. The number of para-hydroxylation sites is 1. The minimum absolute atomic E-state index is 0.134. The standard InChI is InChI=1S/C21H22FN3O3/c1-14(2)13-24-18(12-19(26)23-16-10-8-15(22)9-11-16)20(27)25(21(24)28)17-6-4-3-5-7-17/h3-11,14,18H,12-13H2,1-2H3,(H,23,26)/t18-/m1/s1. The molecule has 146 valence electrons. The molecule has 6 nitrogen and oxygen atoms in total. The van der Waals surface area contributed by atoms with Gasteiger partial charge in [0.15, 0.2) is 0 Å². The molecule has 1 heterocycles. The first-order valence-electron chi connectivity index (χ1n) is 9.12. The summed E-state index contributed by atoms with van der Waals surface area (Å²) in [7, 11) is 0. The number of anilines is 2. The van der Waals surface area contributed by atoms with E-state index in [-0.39, 0.29) is 12.3 Å². The number of nitrogens with one attached hydrogen (secondary N) is 1. The minimum atomic E-state index is -0.879. The molecule has 2 aromatic rings. The first-order valence-corrected chi connectivity index (χ1v) is 9.12. The first kappa shape index (κ1) is 19.5. The third kappa shape index (κ3) is 4.19. The molecule has 0 radical (unpaired) electrons. The van der Waals surface area contributed by atoms with Crippen molar-refractivity contribution in [1.29, 1.82) is 0 Å². The highest BCUT2D eigenvalue weighted by Crippen LogP contribution is 2.27. The number of rotatable bonds is 6. The van der Waals surface area contributed by atoms with E-state index in [9.17, 15) is 18.8 Å². The van der Waals surface area contributed by atoms with Crippen molar-refractivity contribution in [3.05, 3.63) is 60.4 Å². The quantitative estimate of drug-likeness (QED) is 0.774. The molecule has 0 spiro atoms. The summed E-state index contributed by atoms with van der Waals surface area (Å²) in [6.45, 7) is 4.25. The fourth-order valence-corrected chi connectivity index (χ4v) is 3.17. The van der Waals surface area contributed by atoms with Gasteiger partial charge in [-0.25, -0.2) is 14.1 Å². The van der Waals surface area contributed by atoms with Crippen molar-refractivity contribution < 1.29 is 18.8 Å². The second-order valence-electron chi connectivity index (χ2n) is 7.11. The maximum absolute atomic E-state index is 13.0. The van der Waals surface area contributed by atoms with Crippen LogP contribution in [0.1, 0.15) is 20.3 Å². The molecule has 0 unspecified atom stereocenters. The van der Waals surface area contributed by atoms with Crippen LogP contribution in [0.25, 0.3) is 0 Å². The molecule has 1 N–H and O–H groups in total. The van der Waals surface area contributed by atoms with Gasteiger partial charge in [-0.1, -0.05) is 32.0 Å². The molecular formula is C21H22FN3O3. The van der Waals surface area contributed by atoms with Gasteiger partial charge in [-0.05, 0) is 42.3 Å². The lowest BCUT2D eigenvalue weighted by atomic mass is 10.1. The molecule has 4 amide bonds. The van der Waals surface area contributed by atoms with Crippen LogP contribution in [0.15, 0.2) is 54.6 Å². The van der Waals surface area contributed by atoms with Gasteiger partial charge in [0.1, 0.15) is 11.9 Å². The maximum Gasteiger partial charge on any atom is 0.332 e. The second-order valence-corrected chi connectivity index (χ2v) is 7.11. The SMILES string of the molecule is CC(C)CN1C(=O)N(c2ccccc2)C(=O)[C@H]1CC(=O)Nc1ccc(F)cc1. The number of carbonyl (C=O) groups excluding carboxylic acids is 3. The fourth-order valence-electron chi connectivity index (χ4n) is 3.17. The van der Waals surface area contributed by atoms with E-state index in [1.54, 1.807) is 30.3 Å². The van der Waals surface area contributed by atoms with E-state index < -0.39 is 29.7 Å². The Morgan fingerprint density at radius 1 is 1.07 bits per heavy atom. The highest BCUT2D eigenvalue weighted by atomic mass is 19.1. The lowest BCUT2D eigenvalue weighted by Crippen LogP contribution is -2.40. The number of carbonyl (C=O) groups is 3. The fraction of sp³-hybridized carbons (Fsp3) is 0.286. The van der Waals surface area contributed by atoms with Gasteiger partial charge in [0.25, 0.3) is 5.91 Å². The number of urea groups is 1. The van der Waals surface area contributed by atoms with E-state index in [2.05, 4.69) is 5.32 Å². The van der Waals surface area contributed by atoms with Crippen LogP contribution in [-0.2, 0) is 9.59 Å². The molecule has 28 heavy (non-hydrogen) atoms. The van der Waals surface area contributed by atoms with E-state index in [0.717, 1.165) is 4.90 Å². The Kier molecular flexibility index (Phi) is 5.73. The summed E-state index contributed by atoms with van der Waals surface area (Å²) in [4.78, 5) is 40.9. The molecule has 0 bridgehead atoms. The van der Waals surface area contributed by atoms with Crippen LogP contribution >= 0.6 is 0 Å². The summed E-state index contributed by atoms with van der Waals surface area (Å²) in [5.74, 6) is -1.11. The van der Waals surface area contributed by atoms with E-state index in [4.69, 9.17) is 0 Å². The third-order valence-electron chi connectivity index (χ3n) is 4.40. The number of hydrogen-bond donors (Lipinski definition) is 1. The molecule has 1 saturated heterocycles. The molecule has 3 rings (SSSR count). The van der Waals surface area contributed by atoms with Gasteiger partial charge in [0, 0.05) is 12.2 Å². The molecule has 2 aromatic carbocycles. The zero-order valence-corrected chi connectivity index (χ0v) is 15.8. The average Bonchev–Trinajstić information content (AvgIpc) is 2.88. The molecule has 0 aliphatic carbocycles. The highest BCUT2D eigenvalue weighted by Gasteiger charge is 2.46. The van der Waals surface area contributed by atoms with Crippen LogP contribution in [0.2, 0.25) is 0 Å². The molecule has 0 aromatic heterocycles. The number of halogens is 1. The van der Waals surface area contributed by atoms with Crippen molar-refractivity contribution in [2.24, 2.45) is 5.92 Å². The van der Waals surface area contributed by atoms with Crippen LogP contribution in [0.4, 0.5) is 20.6 Å². The lowest BCUT2D eigenvalue weighted by molar-refractivity contribution is -0.124. The molecule has 0 saturated carbocycles. The number of imide groups is 1. The average molecular weight is 383 g/mol. The normalized spacial score (nSPS) is 16.8. The van der Waals surface area contributed by atoms with Crippen LogP contribution in [0.3, 0.4) is 0 Å². The zero-order chi connectivity index (χ0) is 20.3. The number of amides is 4. The van der Waals surface area contributed by atoms with Crippen molar-refractivity contribution in [2.75, 3.05) is 16.8 Å². The van der Waals surface area contributed by atoms with Gasteiger partial charge in [-0.2, -0.15) is 0 Å². The van der Waals surface area contributed by atoms with Crippen molar-refractivity contribution in [3.8, 4) is 0 Å². The second kappa shape index (κ2) is 8.21. The summed E-state index contributed by atoms with van der Waals surface area (Å²) in [5, 5.41) is 2.65. The Morgan fingerprint density at radius 3 is 2.32 bits per heavy atom. The van der Waals surface area contributed by atoms with Crippen LogP contribution in [0, 0.1) is 11.7 Å².